The summed E-state index contributed by atoms with van der Waals surface area (Å²) in [7, 11) is 1.60. The van der Waals surface area contributed by atoms with E-state index in [0.717, 1.165) is 23.6 Å². The molecule has 2 aliphatic rings. The van der Waals surface area contributed by atoms with Crippen LogP contribution in [0.5, 0.6) is 6.01 Å². The standard InChI is InChI=1S/C22H24N6O/c1-13-16(15-8-9-15)10-11-17(24-13)20-26-19(23)18-21(27-20)28(22(25-18)29-2)12-14-6-4-3-5-7-14/h3-7,11,15,24H,8-10,12H2,1-2H3,(H2,23,26,27). The maximum Gasteiger partial charge on any atom is 0.298 e. The van der Waals surface area contributed by atoms with E-state index in [2.05, 4.69) is 40.4 Å². The number of nitrogen functional groups attached to an aromatic ring is 1. The van der Waals surface area contributed by atoms with Gasteiger partial charge in [-0.25, -0.2) is 9.97 Å². The van der Waals surface area contributed by atoms with E-state index in [-0.39, 0.29) is 0 Å². The molecule has 1 aliphatic heterocycles. The van der Waals surface area contributed by atoms with Crippen molar-refractivity contribution in [2.75, 3.05) is 12.8 Å². The molecule has 148 valence electrons. The van der Waals surface area contributed by atoms with E-state index in [4.69, 9.17) is 15.5 Å². The van der Waals surface area contributed by atoms with Gasteiger partial charge >= 0.3 is 0 Å². The molecule has 1 aromatic carbocycles. The van der Waals surface area contributed by atoms with Gasteiger partial charge in [-0.15, -0.1) is 0 Å². The van der Waals surface area contributed by atoms with Crippen LogP contribution in [0, 0.1) is 5.92 Å². The van der Waals surface area contributed by atoms with Crippen molar-refractivity contribution in [1.29, 1.82) is 0 Å². The summed E-state index contributed by atoms with van der Waals surface area (Å²) in [4.78, 5) is 13.9. The average Bonchev–Trinajstić information content (AvgIpc) is 3.51. The van der Waals surface area contributed by atoms with E-state index >= 15 is 0 Å². The Morgan fingerprint density at radius 1 is 1.17 bits per heavy atom. The van der Waals surface area contributed by atoms with E-state index in [1.165, 1.54) is 24.1 Å². The molecule has 29 heavy (non-hydrogen) atoms. The SMILES string of the molecule is COc1nc2c(N)nc(C3=CCC(C4CC4)=C(C)N3)nc2n1Cc1ccccc1. The van der Waals surface area contributed by atoms with Crippen LogP contribution in [-0.4, -0.2) is 26.6 Å². The molecule has 0 unspecified atom stereocenters. The maximum atomic E-state index is 6.26. The number of ether oxygens (including phenoxy) is 1. The predicted octanol–water partition coefficient (Wildman–Crippen LogP) is 3.48. The number of fused-ring (bicyclic) bond motifs is 1. The molecule has 0 saturated heterocycles. The van der Waals surface area contributed by atoms with E-state index in [9.17, 15) is 0 Å². The highest BCUT2D eigenvalue weighted by Crippen LogP contribution is 2.41. The fraction of sp³-hybridized carbons (Fsp3) is 0.318. The van der Waals surface area contributed by atoms with E-state index in [0.29, 0.717) is 35.4 Å². The second kappa shape index (κ2) is 6.92. The highest BCUT2D eigenvalue weighted by molar-refractivity contribution is 5.84. The Bertz CT molecular complexity index is 1140. The first kappa shape index (κ1) is 17.7. The van der Waals surface area contributed by atoms with Crippen molar-refractivity contribution < 1.29 is 4.74 Å². The highest BCUT2D eigenvalue weighted by atomic mass is 16.5. The Morgan fingerprint density at radius 2 is 1.97 bits per heavy atom. The molecule has 0 amide bonds. The zero-order chi connectivity index (χ0) is 20.0. The highest BCUT2D eigenvalue weighted by Gasteiger charge is 2.29. The maximum absolute atomic E-state index is 6.26. The topological polar surface area (TPSA) is 90.9 Å². The number of rotatable bonds is 5. The summed E-state index contributed by atoms with van der Waals surface area (Å²) in [6.45, 7) is 2.72. The zero-order valence-corrected chi connectivity index (χ0v) is 16.6. The zero-order valence-electron chi connectivity index (χ0n) is 16.6. The monoisotopic (exact) mass is 388 g/mol. The summed E-state index contributed by atoms with van der Waals surface area (Å²) in [5, 5.41) is 3.49. The van der Waals surface area contributed by atoms with Crippen molar-refractivity contribution in [2.45, 2.75) is 32.7 Å². The Kier molecular flexibility index (Phi) is 4.23. The molecule has 7 heteroatoms. The minimum absolute atomic E-state index is 0.354. The minimum Gasteiger partial charge on any atom is -0.468 e. The number of nitrogens with one attached hydrogen (secondary N) is 1. The number of imidazole rings is 1. The molecule has 3 heterocycles. The van der Waals surface area contributed by atoms with E-state index in [1.807, 2.05) is 22.8 Å². The van der Waals surface area contributed by atoms with Crippen molar-refractivity contribution in [3.63, 3.8) is 0 Å². The molecule has 0 atom stereocenters. The van der Waals surface area contributed by atoms with Gasteiger partial charge in [-0.2, -0.15) is 4.98 Å². The Hall–Kier alpha value is -3.35. The summed E-state index contributed by atoms with van der Waals surface area (Å²) in [6.07, 6.45) is 5.69. The minimum atomic E-state index is 0.354. The van der Waals surface area contributed by atoms with Gasteiger partial charge in [-0.05, 0) is 43.2 Å². The third-order valence-electron chi connectivity index (χ3n) is 5.59. The predicted molar refractivity (Wildman–Crippen MR) is 113 cm³/mol. The molecule has 1 saturated carbocycles. The molecule has 5 rings (SSSR count). The number of anilines is 1. The molecule has 3 N–H and O–H groups in total. The number of benzene rings is 1. The van der Waals surface area contributed by atoms with Crippen molar-refractivity contribution in [1.82, 2.24) is 24.8 Å². The summed E-state index contributed by atoms with van der Waals surface area (Å²) >= 11 is 0. The van der Waals surface area contributed by atoms with Crippen LogP contribution in [0.4, 0.5) is 5.82 Å². The number of nitrogens with two attached hydrogens (primary N) is 1. The molecule has 3 aromatic rings. The van der Waals surface area contributed by atoms with Crippen molar-refractivity contribution >= 4 is 22.7 Å². The molecule has 0 bridgehead atoms. The molecule has 0 spiro atoms. The molecule has 1 aliphatic carbocycles. The molecule has 7 nitrogen and oxygen atoms in total. The Morgan fingerprint density at radius 3 is 2.66 bits per heavy atom. The van der Waals surface area contributed by atoms with Gasteiger partial charge in [0.2, 0.25) is 0 Å². The van der Waals surface area contributed by atoms with Crippen molar-refractivity contribution in [3.8, 4) is 6.01 Å². The van der Waals surface area contributed by atoms with E-state index < -0.39 is 0 Å². The van der Waals surface area contributed by atoms with Crippen LogP contribution in [0.3, 0.4) is 0 Å². The molecule has 1 fully saturated rings. The lowest BCUT2D eigenvalue weighted by Crippen LogP contribution is -2.19. The molecular weight excluding hydrogens is 364 g/mol. The Balaban J connectivity index is 1.55. The van der Waals surface area contributed by atoms with Crippen LogP contribution in [0.2, 0.25) is 0 Å². The fourth-order valence-corrected chi connectivity index (χ4v) is 3.94. The first-order valence-electron chi connectivity index (χ1n) is 9.93. The Labute approximate surface area is 169 Å². The summed E-state index contributed by atoms with van der Waals surface area (Å²) in [5.41, 5.74) is 12.2. The van der Waals surface area contributed by atoms with E-state index in [1.54, 1.807) is 7.11 Å². The van der Waals surface area contributed by atoms with Crippen LogP contribution < -0.4 is 15.8 Å². The van der Waals surface area contributed by atoms with Gasteiger partial charge in [0.05, 0.1) is 19.4 Å². The van der Waals surface area contributed by atoms with Crippen LogP contribution in [0.1, 0.15) is 37.6 Å². The summed E-state index contributed by atoms with van der Waals surface area (Å²) in [5.74, 6) is 1.68. The lowest BCUT2D eigenvalue weighted by molar-refractivity contribution is 0.363. The third-order valence-corrected chi connectivity index (χ3v) is 5.59. The number of methoxy groups -OCH3 is 1. The summed E-state index contributed by atoms with van der Waals surface area (Å²) in [6, 6.07) is 10.6. The van der Waals surface area contributed by atoms with Crippen molar-refractivity contribution in [2.24, 2.45) is 5.92 Å². The number of nitrogens with zero attached hydrogens (tertiary/aromatic N) is 4. The van der Waals surface area contributed by atoms with Crippen LogP contribution >= 0.6 is 0 Å². The normalized spacial score (nSPS) is 16.7. The number of aromatic nitrogens is 4. The van der Waals surface area contributed by atoms with Gasteiger partial charge in [0, 0.05) is 5.70 Å². The largest absolute Gasteiger partial charge is 0.468 e. The number of dihydropyridines is 1. The van der Waals surface area contributed by atoms with Gasteiger partial charge in [0.1, 0.15) is 0 Å². The van der Waals surface area contributed by atoms with Gasteiger partial charge < -0.3 is 15.8 Å². The second-order valence-electron chi connectivity index (χ2n) is 7.65. The first-order valence-corrected chi connectivity index (χ1v) is 9.93. The van der Waals surface area contributed by atoms with Gasteiger partial charge in [0.15, 0.2) is 22.8 Å². The average molecular weight is 388 g/mol. The van der Waals surface area contributed by atoms with Crippen LogP contribution in [-0.2, 0) is 6.54 Å². The lowest BCUT2D eigenvalue weighted by Gasteiger charge is -2.20. The van der Waals surface area contributed by atoms with Crippen LogP contribution in [0.25, 0.3) is 16.9 Å². The first-order chi connectivity index (χ1) is 14.1. The van der Waals surface area contributed by atoms with Crippen LogP contribution in [0.15, 0.2) is 47.7 Å². The molecular formula is C22H24N6O. The van der Waals surface area contributed by atoms with Gasteiger partial charge in [0.25, 0.3) is 6.01 Å². The van der Waals surface area contributed by atoms with Crippen molar-refractivity contribution in [3.05, 3.63) is 59.1 Å². The summed E-state index contributed by atoms with van der Waals surface area (Å²) < 4.78 is 7.44. The molecule has 0 radical (unpaired) electrons. The smallest absolute Gasteiger partial charge is 0.298 e. The third kappa shape index (κ3) is 3.22. The molecule has 2 aromatic heterocycles. The van der Waals surface area contributed by atoms with Gasteiger partial charge in [-0.3, -0.25) is 4.57 Å². The number of hydrogen-bond donors (Lipinski definition) is 2. The van der Waals surface area contributed by atoms with Gasteiger partial charge in [-0.1, -0.05) is 36.4 Å². The quantitative estimate of drug-likeness (QED) is 0.695. The fourth-order valence-electron chi connectivity index (χ4n) is 3.94. The number of hydrogen-bond acceptors (Lipinski definition) is 6. The lowest BCUT2D eigenvalue weighted by atomic mass is 10.0. The number of allylic oxidation sites excluding steroid dienone is 3. The second-order valence-corrected chi connectivity index (χ2v) is 7.65.